The van der Waals surface area contributed by atoms with Crippen molar-refractivity contribution in [1.82, 2.24) is 0 Å². The van der Waals surface area contributed by atoms with Gasteiger partial charge in [0.25, 0.3) is 0 Å². The van der Waals surface area contributed by atoms with Crippen LogP contribution in [0.3, 0.4) is 0 Å². The molecule has 0 unspecified atom stereocenters. The van der Waals surface area contributed by atoms with Crippen LogP contribution in [0.15, 0.2) is 0 Å². The maximum atomic E-state index is 10.1. The number of hydrogen-bond acceptors (Lipinski definition) is 2. The van der Waals surface area contributed by atoms with E-state index >= 15 is 0 Å². The number of carboxylic acids is 1. The Labute approximate surface area is 47.3 Å². The average Bonchev–Trinajstić information content (AvgIpc) is 1.61. The van der Waals surface area contributed by atoms with E-state index in [4.69, 9.17) is 9.84 Å². The first kappa shape index (κ1) is 5.56. The van der Waals surface area contributed by atoms with Crippen molar-refractivity contribution < 1.29 is 14.6 Å². The summed E-state index contributed by atoms with van der Waals surface area (Å²) < 4.78 is 4.70. The van der Waals surface area contributed by atoms with E-state index in [1.807, 2.05) is 6.92 Å². The minimum Gasteiger partial charge on any atom is -0.479 e. The van der Waals surface area contributed by atoms with Crippen LogP contribution in [0.1, 0.15) is 6.92 Å². The van der Waals surface area contributed by atoms with Gasteiger partial charge in [-0.3, -0.25) is 0 Å². The van der Waals surface area contributed by atoms with Crippen molar-refractivity contribution in [1.29, 1.82) is 0 Å². The van der Waals surface area contributed by atoms with Gasteiger partial charge in [-0.05, 0) is 0 Å². The Morgan fingerprint density at radius 2 is 2.50 bits per heavy atom. The van der Waals surface area contributed by atoms with Crippen molar-refractivity contribution in [2.45, 2.75) is 13.0 Å². The minimum absolute atomic E-state index is 0.201. The molecule has 1 fully saturated rings. The molecule has 3 nitrogen and oxygen atoms in total. The zero-order valence-electron chi connectivity index (χ0n) is 4.63. The van der Waals surface area contributed by atoms with Crippen LogP contribution in [0, 0.1) is 5.92 Å². The molecule has 0 aromatic carbocycles. The van der Waals surface area contributed by atoms with E-state index in [1.165, 1.54) is 0 Å². The number of carbonyl (C=O) groups is 1. The van der Waals surface area contributed by atoms with Crippen molar-refractivity contribution in [3.63, 3.8) is 0 Å². The summed E-state index contributed by atoms with van der Waals surface area (Å²) in [5, 5.41) is 8.28. The fraction of sp³-hybridized carbons (Fsp3) is 0.800. The summed E-state index contributed by atoms with van der Waals surface area (Å²) in [5.74, 6) is -0.642. The van der Waals surface area contributed by atoms with Gasteiger partial charge < -0.3 is 9.84 Å². The molecule has 0 aliphatic carbocycles. The number of aliphatic carboxylic acids is 1. The topological polar surface area (TPSA) is 46.5 Å². The Morgan fingerprint density at radius 3 is 2.50 bits per heavy atom. The summed E-state index contributed by atoms with van der Waals surface area (Å²) in [5.41, 5.74) is 0. The first-order chi connectivity index (χ1) is 3.72. The molecule has 0 bridgehead atoms. The Kier molecular flexibility index (Phi) is 1.21. The van der Waals surface area contributed by atoms with Gasteiger partial charge in [-0.2, -0.15) is 0 Å². The molecule has 46 valence electrons. The van der Waals surface area contributed by atoms with Gasteiger partial charge in [0.15, 0.2) is 6.10 Å². The lowest BCUT2D eigenvalue weighted by Crippen LogP contribution is -2.43. The highest BCUT2D eigenvalue weighted by Gasteiger charge is 2.33. The van der Waals surface area contributed by atoms with E-state index in [0.717, 1.165) is 0 Å². The number of carboxylic acid groups (broad SMARTS) is 1. The van der Waals surface area contributed by atoms with E-state index in [-0.39, 0.29) is 5.92 Å². The van der Waals surface area contributed by atoms with Crippen LogP contribution < -0.4 is 0 Å². The summed E-state index contributed by atoms with van der Waals surface area (Å²) in [7, 11) is 0. The molecule has 1 rings (SSSR count). The standard InChI is InChI=1S/C5H8O3/c1-3-2-8-4(3)5(6)7/h3-4H,2H2,1H3,(H,6,7)/t3-,4-/m0/s1. The lowest BCUT2D eigenvalue weighted by atomic mass is 10.0. The quantitative estimate of drug-likeness (QED) is 0.528. The molecule has 8 heavy (non-hydrogen) atoms. The monoisotopic (exact) mass is 116 g/mol. The van der Waals surface area contributed by atoms with E-state index in [1.54, 1.807) is 0 Å². The molecule has 0 saturated carbocycles. The first-order valence-electron chi connectivity index (χ1n) is 2.56. The molecule has 1 aliphatic rings. The van der Waals surface area contributed by atoms with Crippen LogP contribution in [-0.4, -0.2) is 23.8 Å². The Morgan fingerprint density at radius 1 is 1.88 bits per heavy atom. The van der Waals surface area contributed by atoms with Gasteiger partial charge in [0.2, 0.25) is 0 Å². The Bertz CT molecular complexity index is 110. The van der Waals surface area contributed by atoms with Crippen LogP contribution in [0.4, 0.5) is 0 Å². The third-order valence-electron chi connectivity index (χ3n) is 1.30. The molecule has 0 aromatic heterocycles. The summed E-state index contributed by atoms with van der Waals surface area (Å²) in [6, 6.07) is 0. The molecular formula is C5H8O3. The lowest BCUT2D eigenvalue weighted by molar-refractivity contribution is -0.175. The Hall–Kier alpha value is -0.570. The zero-order valence-corrected chi connectivity index (χ0v) is 4.63. The third-order valence-corrected chi connectivity index (χ3v) is 1.30. The molecule has 1 N–H and O–H groups in total. The van der Waals surface area contributed by atoms with Gasteiger partial charge in [-0.15, -0.1) is 0 Å². The first-order valence-corrected chi connectivity index (χ1v) is 2.56. The summed E-state index contributed by atoms with van der Waals surface area (Å²) in [6.07, 6.45) is -0.532. The van der Waals surface area contributed by atoms with Gasteiger partial charge in [-0.25, -0.2) is 4.79 Å². The van der Waals surface area contributed by atoms with Gasteiger partial charge in [0.05, 0.1) is 6.61 Å². The lowest BCUT2D eigenvalue weighted by Gasteiger charge is -2.30. The second kappa shape index (κ2) is 1.74. The van der Waals surface area contributed by atoms with E-state index in [9.17, 15) is 4.79 Å². The molecule has 0 aromatic rings. The van der Waals surface area contributed by atoms with Gasteiger partial charge in [0, 0.05) is 5.92 Å². The van der Waals surface area contributed by atoms with Crippen LogP contribution in [0.2, 0.25) is 0 Å². The van der Waals surface area contributed by atoms with Crippen molar-refractivity contribution in [3.05, 3.63) is 0 Å². The predicted octanol–water partition coefficient (Wildman–Crippen LogP) is 0.106. The van der Waals surface area contributed by atoms with Gasteiger partial charge in [-0.1, -0.05) is 6.92 Å². The Balaban J connectivity index is 2.37. The van der Waals surface area contributed by atoms with E-state index in [2.05, 4.69) is 0 Å². The smallest absolute Gasteiger partial charge is 0.333 e. The summed E-state index contributed by atoms with van der Waals surface area (Å²) in [4.78, 5) is 10.1. The minimum atomic E-state index is -0.844. The highest BCUT2D eigenvalue weighted by molar-refractivity contribution is 5.73. The molecule has 3 heteroatoms. The van der Waals surface area contributed by atoms with Crippen LogP contribution in [0.5, 0.6) is 0 Å². The molecule has 0 amide bonds. The van der Waals surface area contributed by atoms with Crippen molar-refractivity contribution in [2.75, 3.05) is 6.61 Å². The second-order valence-corrected chi connectivity index (χ2v) is 2.07. The van der Waals surface area contributed by atoms with Gasteiger partial charge in [0.1, 0.15) is 0 Å². The highest BCUT2D eigenvalue weighted by atomic mass is 16.5. The number of rotatable bonds is 1. The third kappa shape index (κ3) is 0.690. The summed E-state index contributed by atoms with van der Waals surface area (Å²) >= 11 is 0. The largest absolute Gasteiger partial charge is 0.479 e. The van der Waals surface area contributed by atoms with Crippen molar-refractivity contribution in [2.24, 2.45) is 5.92 Å². The fourth-order valence-electron chi connectivity index (χ4n) is 0.700. The number of hydrogen-bond donors (Lipinski definition) is 1. The zero-order chi connectivity index (χ0) is 6.15. The van der Waals surface area contributed by atoms with Crippen LogP contribution in [-0.2, 0) is 9.53 Å². The normalized spacial score (nSPS) is 36.1. The van der Waals surface area contributed by atoms with Crippen molar-refractivity contribution >= 4 is 5.97 Å². The van der Waals surface area contributed by atoms with E-state index < -0.39 is 12.1 Å². The maximum absolute atomic E-state index is 10.1. The van der Waals surface area contributed by atoms with Crippen LogP contribution >= 0.6 is 0 Å². The van der Waals surface area contributed by atoms with Crippen molar-refractivity contribution in [3.8, 4) is 0 Å². The second-order valence-electron chi connectivity index (χ2n) is 2.07. The molecule has 1 saturated heterocycles. The molecule has 0 spiro atoms. The van der Waals surface area contributed by atoms with E-state index in [0.29, 0.717) is 6.61 Å². The molecule has 1 heterocycles. The molecular weight excluding hydrogens is 108 g/mol. The SMILES string of the molecule is C[C@H]1CO[C@@H]1C(=O)O. The maximum Gasteiger partial charge on any atom is 0.333 e. The van der Waals surface area contributed by atoms with Crippen LogP contribution in [0.25, 0.3) is 0 Å². The predicted molar refractivity (Wildman–Crippen MR) is 26.5 cm³/mol. The summed E-state index contributed by atoms with van der Waals surface area (Å²) in [6.45, 7) is 2.46. The molecule has 1 aliphatic heterocycles. The molecule has 0 radical (unpaired) electrons. The molecule has 2 atom stereocenters. The highest BCUT2D eigenvalue weighted by Crippen LogP contribution is 2.18. The van der Waals surface area contributed by atoms with Gasteiger partial charge >= 0.3 is 5.97 Å². The fourth-order valence-corrected chi connectivity index (χ4v) is 0.700. The average molecular weight is 116 g/mol. The number of ether oxygens (including phenoxy) is 1.